The molecule has 1 aromatic heterocycles. The van der Waals surface area contributed by atoms with E-state index in [1.54, 1.807) is 0 Å². The molecule has 1 heterocycles. The molecule has 0 spiro atoms. The summed E-state index contributed by atoms with van der Waals surface area (Å²) in [6, 6.07) is 2.27. The Morgan fingerprint density at radius 2 is 2.33 bits per heavy atom. The molecule has 0 atom stereocenters. The van der Waals surface area contributed by atoms with Crippen LogP contribution < -0.4 is 5.32 Å². The van der Waals surface area contributed by atoms with E-state index in [1.165, 1.54) is 6.33 Å². The molecule has 94 valence electrons. The van der Waals surface area contributed by atoms with Gasteiger partial charge < -0.3 is 5.32 Å². The van der Waals surface area contributed by atoms with Gasteiger partial charge in [0.2, 0.25) is 0 Å². The SMILES string of the molecule is O=[N+]([O-])c1ccc(Cl)c(F)c1NCc1ncn[nH]1. The smallest absolute Gasteiger partial charge is 0.295 e. The summed E-state index contributed by atoms with van der Waals surface area (Å²) in [5, 5.41) is 19.3. The van der Waals surface area contributed by atoms with Crippen LogP contribution in [0.5, 0.6) is 0 Å². The lowest BCUT2D eigenvalue weighted by Gasteiger charge is -2.07. The summed E-state index contributed by atoms with van der Waals surface area (Å²) in [6.45, 7) is 0.0676. The zero-order chi connectivity index (χ0) is 13.1. The van der Waals surface area contributed by atoms with Crippen molar-refractivity contribution in [3.63, 3.8) is 0 Å². The molecular weight excluding hydrogens is 265 g/mol. The molecule has 0 fully saturated rings. The number of nitro benzene ring substituents is 1. The first kappa shape index (κ1) is 12.2. The molecule has 18 heavy (non-hydrogen) atoms. The van der Waals surface area contributed by atoms with Crippen LogP contribution in [0.25, 0.3) is 0 Å². The van der Waals surface area contributed by atoms with Gasteiger partial charge in [0.05, 0.1) is 16.5 Å². The molecular formula is C9H7ClFN5O2. The number of halogens is 2. The summed E-state index contributed by atoms with van der Waals surface area (Å²) in [6.07, 6.45) is 1.28. The van der Waals surface area contributed by atoms with E-state index in [1.807, 2.05) is 0 Å². The number of benzene rings is 1. The fourth-order valence-electron chi connectivity index (χ4n) is 1.35. The maximum Gasteiger partial charge on any atom is 0.295 e. The topological polar surface area (TPSA) is 96.7 Å². The van der Waals surface area contributed by atoms with E-state index in [0.29, 0.717) is 5.82 Å². The maximum absolute atomic E-state index is 13.7. The van der Waals surface area contributed by atoms with Crippen molar-refractivity contribution in [1.82, 2.24) is 15.2 Å². The lowest BCUT2D eigenvalue weighted by molar-refractivity contribution is -0.384. The summed E-state index contributed by atoms with van der Waals surface area (Å²) in [4.78, 5) is 13.9. The molecule has 0 amide bonds. The fourth-order valence-corrected chi connectivity index (χ4v) is 1.51. The number of anilines is 1. The van der Waals surface area contributed by atoms with Crippen molar-refractivity contribution in [2.75, 3.05) is 5.32 Å². The van der Waals surface area contributed by atoms with Gasteiger partial charge in [-0.3, -0.25) is 15.2 Å². The molecule has 0 aliphatic carbocycles. The second kappa shape index (κ2) is 4.96. The van der Waals surface area contributed by atoms with Crippen LogP contribution in [0.1, 0.15) is 5.82 Å². The molecule has 0 saturated carbocycles. The van der Waals surface area contributed by atoms with Crippen molar-refractivity contribution < 1.29 is 9.31 Å². The third-order valence-corrected chi connectivity index (χ3v) is 2.46. The number of nitrogens with one attached hydrogen (secondary N) is 2. The van der Waals surface area contributed by atoms with Crippen LogP contribution in [0, 0.1) is 15.9 Å². The Labute approximate surface area is 105 Å². The quantitative estimate of drug-likeness (QED) is 0.656. The van der Waals surface area contributed by atoms with E-state index < -0.39 is 16.4 Å². The average Bonchev–Trinajstić information content (AvgIpc) is 2.83. The van der Waals surface area contributed by atoms with Crippen LogP contribution in [0.3, 0.4) is 0 Å². The van der Waals surface area contributed by atoms with E-state index in [9.17, 15) is 14.5 Å². The van der Waals surface area contributed by atoms with Crippen LogP contribution in [-0.2, 0) is 6.54 Å². The molecule has 0 radical (unpaired) electrons. The number of aromatic nitrogens is 3. The monoisotopic (exact) mass is 271 g/mol. The molecule has 0 unspecified atom stereocenters. The highest BCUT2D eigenvalue weighted by molar-refractivity contribution is 6.31. The van der Waals surface area contributed by atoms with Crippen molar-refractivity contribution >= 4 is 23.0 Å². The van der Waals surface area contributed by atoms with Gasteiger partial charge in [-0.1, -0.05) is 11.6 Å². The van der Waals surface area contributed by atoms with Crippen molar-refractivity contribution in [3.8, 4) is 0 Å². The largest absolute Gasteiger partial charge is 0.370 e. The Kier molecular flexibility index (Phi) is 3.38. The van der Waals surface area contributed by atoms with Gasteiger partial charge in [0, 0.05) is 6.07 Å². The van der Waals surface area contributed by atoms with E-state index in [2.05, 4.69) is 20.5 Å². The predicted octanol–water partition coefficient (Wildman–Crippen LogP) is 2.12. The van der Waals surface area contributed by atoms with E-state index in [4.69, 9.17) is 11.6 Å². The van der Waals surface area contributed by atoms with Gasteiger partial charge in [0.15, 0.2) is 11.5 Å². The molecule has 0 saturated heterocycles. The first-order valence-corrected chi connectivity index (χ1v) is 5.18. The fraction of sp³-hybridized carbons (Fsp3) is 0.111. The molecule has 9 heteroatoms. The predicted molar refractivity (Wildman–Crippen MR) is 61.8 cm³/mol. The molecule has 7 nitrogen and oxygen atoms in total. The van der Waals surface area contributed by atoms with Gasteiger partial charge in [0.1, 0.15) is 12.2 Å². The summed E-state index contributed by atoms with van der Waals surface area (Å²) in [7, 11) is 0. The van der Waals surface area contributed by atoms with Crippen molar-refractivity contribution in [3.05, 3.63) is 45.2 Å². The van der Waals surface area contributed by atoms with Crippen LogP contribution in [-0.4, -0.2) is 20.1 Å². The number of aromatic amines is 1. The molecule has 2 N–H and O–H groups in total. The second-order valence-corrected chi connectivity index (χ2v) is 3.71. The number of hydrogen-bond donors (Lipinski definition) is 2. The molecule has 0 aliphatic heterocycles. The zero-order valence-electron chi connectivity index (χ0n) is 8.85. The normalized spacial score (nSPS) is 10.3. The zero-order valence-corrected chi connectivity index (χ0v) is 9.61. The first-order valence-electron chi connectivity index (χ1n) is 4.80. The number of H-pyrrole nitrogens is 1. The van der Waals surface area contributed by atoms with Gasteiger partial charge in [-0.2, -0.15) is 5.10 Å². The van der Waals surface area contributed by atoms with Crippen LogP contribution in [0.4, 0.5) is 15.8 Å². The van der Waals surface area contributed by atoms with E-state index in [-0.39, 0.29) is 17.3 Å². The summed E-state index contributed by atoms with van der Waals surface area (Å²) in [5.41, 5.74) is -0.666. The molecule has 0 aliphatic rings. The van der Waals surface area contributed by atoms with Crippen molar-refractivity contribution in [2.24, 2.45) is 0 Å². The molecule has 2 rings (SSSR count). The number of hydrogen-bond acceptors (Lipinski definition) is 5. The second-order valence-electron chi connectivity index (χ2n) is 3.30. The lowest BCUT2D eigenvalue weighted by Crippen LogP contribution is -2.06. The van der Waals surface area contributed by atoms with E-state index in [0.717, 1.165) is 12.1 Å². The minimum atomic E-state index is -0.870. The van der Waals surface area contributed by atoms with Crippen molar-refractivity contribution in [2.45, 2.75) is 6.54 Å². The Morgan fingerprint density at radius 1 is 1.56 bits per heavy atom. The highest BCUT2D eigenvalue weighted by Gasteiger charge is 2.20. The van der Waals surface area contributed by atoms with Gasteiger partial charge >= 0.3 is 0 Å². The molecule has 1 aromatic carbocycles. The highest BCUT2D eigenvalue weighted by Crippen LogP contribution is 2.32. The van der Waals surface area contributed by atoms with Crippen molar-refractivity contribution in [1.29, 1.82) is 0 Å². The lowest BCUT2D eigenvalue weighted by atomic mass is 10.2. The number of nitro groups is 1. The van der Waals surface area contributed by atoms with Crippen LogP contribution >= 0.6 is 11.6 Å². The van der Waals surface area contributed by atoms with Gasteiger partial charge in [-0.15, -0.1) is 0 Å². The van der Waals surface area contributed by atoms with Crippen LogP contribution in [0.15, 0.2) is 18.5 Å². The Hall–Kier alpha value is -2.22. The summed E-state index contributed by atoms with van der Waals surface area (Å²) >= 11 is 5.58. The Morgan fingerprint density at radius 3 is 2.94 bits per heavy atom. The highest BCUT2D eigenvalue weighted by atomic mass is 35.5. The molecule has 0 bridgehead atoms. The summed E-state index contributed by atoms with van der Waals surface area (Å²) in [5.74, 6) is -0.450. The number of rotatable bonds is 4. The molecule has 2 aromatic rings. The average molecular weight is 272 g/mol. The standard InChI is InChI=1S/C9H7ClFN5O2/c10-5-1-2-6(16(17)18)9(8(5)11)12-3-7-13-4-14-15-7/h1-2,4,12H,3H2,(H,13,14,15). The Bertz CT molecular complexity index is 575. The Balaban J connectivity index is 2.30. The minimum absolute atomic E-state index is 0.0676. The van der Waals surface area contributed by atoms with Gasteiger partial charge in [-0.05, 0) is 6.07 Å². The number of nitrogens with zero attached hydrogens (tertiary/aromatic N) is 3. The van der Waals surface area contributed by atoms with Gasteiger partial charge in [-0.25, -0.2) is 9.37 Å². The maximum atomic E-state index is 13.7. The van der Waals surface area contributed by atoms with E-state index >= 15 is 0 Å². The van der Waals surface area contributed by atoms with Gasteiger partial charge in [0.25, 0.3) is 5.69 Å². The first-order chi connectivity index (χ1) is 8.59. The third kappa shape index (κ3) is 2.38. The minimum Gasteiger partial charge on any atom is -0.370 e. The van der Waals surface area contributed by atoms with Crippen LogP contribution in [0.2, 0.25) is 5.02 Å². The third-order valence-electron chi connectivity index (χ3n) is 2.17. The summed E-state index contributed by atoms with van der Waals surface area (Å²) < 4.78 is 13.7.